The number of halogens is 1. The standard InChI is InChI=1S/C14H12ClNO3/c1-3-9-6-13(17)16(8-9)12-7-10(15)4-5-11(12)14(18)19-2/h1,4-5,7,9H,6,8H2,2H3. The summed E-state index contributed by atoms with van der Waals surface area (Å²) in [5.74, 6) is 1.79. The van der Waals surface area contributed by atoms with Gasteiger partial charge in [-0.3, -0.25) is 4.79 Å². The summed E-state index contributed by atoms with van der Waals surface area (Å²) in [4.78, 5) is 25.2. The predicted molar refractivity (Wildman–Crippen MR) is 72.1 cm³/mol. The third-order valence-electron chi connectivity index (χ3n) is 3.02. The zero-order valence-electron chi connectivity index (χ0n) is 10.4. The van der Waals surface area contributed by atoms with Crippen LogP contribution in [0, 0.1) is 18.3 Å². The molecule has 0 saturated carbocycles. The van der Waals surface area contributed by atoms with E-state index in [1.165, 1.54) is 12.0 Å². The van der Waals surface area contributed by atoms with Crippen molar-refractivity contribution in [3.63, 3.8) is 0 Å². The van der Waals surface area contributed by atoms with Gasteiger partial charge in [0.2, 0.25) is 5.91 Å². The molecule has 1 saturated heterocycles. The lowest BCUT2D eigenvalue weighted by atomic mass is 10.1. The lowest BCUT2D eigenvalue weighted by molar-refractivity contribution is -0.117. The van der Waals surface area contributed by atoms with Crippen LogP contribution in [0.1, 0.15) is 16.8 Å². The Hall–Kier alpha value is -1.99. The highest BCUT2D eigenvalue weighted by Gasteiger charge is 2.32. The van der Waals surface area contributed by atoms with Gasteiger partial charge in [0.05, 0.1) is 18.4 Å². The van der Waals surface area contributed by atoms with Crippen LogP contribution < -0.4 is 4.90 Å². The number of ether oxygens (including phenoxy) is 1. The first-order valence-electron chi connectivity index (χ1n) is 5.71. The first kappa shape index (κ1) is 13.4. The Morgan fingerprint density at radius 2 is 2.32 bits per heavy atom. The minimum Gasteiger partial charge on any atom is -0.465 e. The number of methoxy groups -OCH3 is 1. The first-order chi connectivity index (χ1) is 9.06. The Morgan fingerprint density at radius 3 is 2.89 bits per heavy atom. The SMILES string of the molecule is C#CC1CC(=O)N(c2cc(Cl)ccc2C(=O)OC)C1. The summed E-state index contributed by atoms with van der Waals surface area (Å²) >= 11 is 5.93. The number of hydrogen-bond donors (Lipinski definition) is 0. The molecule has 1 aromatic rings. The van der Waals surface area contributed by atoms with Gasteiger partial charge in [0.1, 0.15) is 0 Å². The molecule has 0 bridgehead atoms. The van der Waals surface area contributed by atoms with E-state index in [0.29, 0.717) is 22.8 Å². The summed E-state index contributed by atoms with van der Waals surface area (Å²) < 4.78 is 4.70. The number of nitrogens with zero attached hydrogens (tertiary/aromatic N) is 1. The van der Waals surface area contributed by atoms with Crippen LogP contribution in [0.5, 0.6) is 0 Å². The van der Waals surface area contributed by atoms with Gasteiger partial charge >= 0.3 is 5.97 Å². The maximum absolute atomic E-state index is 12.0. The third kappa shape index (κ3) is 2.56. The topological polar surface area (TPSA) is 46.6 Å². The van der Waals surface area contributed by atoms with Gasteiger partial charge in [0, 0.05) is 23.9 Å². The van der Waals surface area contributed by atoms with Gasteiger partial charge in [-0.2, -0.15) is 0 Å². The molecule has 0 N–H and O–H groups in total. The second-order valence-corrected chi connectivity index (χ2v) is 4.66. The van der Waals surface area contributed by atoms with Crippen molar-refractivity contribution in [1.29, 1.82) is 0 Å². The number of amides is 1. The first-order valence-corrected chi connectivity index (χ1v) is 6.09. The second-order valence-electron chi connectivity index (χ2n) is 4.23. The molecule has 1 aliphatic rings. The lowest BCUT2D eigenvalue weighted by Gasteiger charge is -2.19. The number of carbonyl (C=O) groups is 2. The highest BCUT2D eigenvalue weighted by atomic mass is 35.5. The smallest absolute Gasteiger partial charge is 0.339 e. The molecule has 19 heavy (non-hydrogen) atoms. The maximum atomic E-state index is 12.0. The Labute approximate surface area is 116 Å². The second kappa shape index (κ2) is 5.33. The normalized spacial score (nSPS) is 18.3. The lowest BCUT2D eigenvalue weighted by Crippen LogP contribution is -2.26. The van der Waals surface area contributed by atoms with Crippen molar-refractivity contribution < 1.29 is 14.3 Å². The van der Waals surface area contributed by atoms with Crippen molar-refractivity contribution in [3.05, 3.63) is 28.8 Å². The van der Waals surface area contributed by atoms with Crippen molar-refractivity contribution >= 4 is 29.2 Å². The summed E-state index contributed by atoms with van der Waals surface area (Å²) in [7, 11) is 1.29. The van der Waals surface area contributed by atoms with Crippen LogP contribution in [0.4, 0.5) is 5.69 Å². The molecule has 1 fully saturated rings. The van der Waals surface area contributed by atoms with E-state index in [-0.39, 0.29) is 18.2 Å². The average Bonchev–Trinajstić information content (AvgIpc) is 2.79. The van der Waals surface area contributed by atoms with Crippen LogP contribution in [0.15, 0.2) is 18.2 Å². The van der Waals surface area contributed by atoms with Gasteiger partial charge in [0.15, 0.2) is 0 Å². The molecule has 1 heterocycles. The van der Waals surface area contributed by atoms with Gasteiger partial charge in [-0.05, 0) is 18.2 Å². The molecule has 1 aromatic carbocycles. The molecule has 5 heteroatoms. The monoisotopic (exact) mass is 277 g/mol. The van der Waals surface area contributed by atoms with Gasteiger partial charge in [-0.25, -0.2) is 4.79 Å². The molecular weight excluding hydrogens is 266 g/mol. The van der Waals surface area contributed by atoms with E-state index in [1.807, 2.05) is 0 Å². The van der Waals surface area contributed by atoms with Gasteiger partial charge in [-0.1, -0.05) is 11.6 Å². The minimum atomic E-state index is -0.511. The molecule has 4 nitrogen and oxygen atoms in total. The predicted octanol–water partition coefficient (Wildman–Crippen LogP) is 2.11. The fourth-order valence-electron chi connectivity index (χ4n) is 2.06. The molecular formula is C14H12ClNO3. The van der Waals surface area contributed by atoms with E-state index in [9.17, 15) is 9.59 Å². The number of carbonyl (C=O) groups excluding carboxylic acids is 2. The number of rotatable bonds is 2. The zero-order valence-corrected chi connectivity index (χ0v) is 11.1. The highest BCUT2D eigenvalue weighted by molar-refractivity contribution is 6.31. The minimum absolute atomic E-state index is 0.115. The van der Waals surface area contributed by atoms with Crippen molar-refractivity contribution in [2.45, 2.75) is 6.42 Å². The van der Waals surface area contributed by atoms with Crippen molar-refractivity contribution in [2.24, 2.45) is 5.92 Å². The summed E-state index contributed by atoms with van der Waals surface area (Å²) in [6.45, 7) is 0.389. The van der Waals surface area contributed by atoms with E-state index in [4.69, 9.17) is 22.8 Å². The number of benzene rings is 1. The van der Waals surface area contributed by atoms with Crippen molar-refractivity contribution in [2.75, 3.05) is 18.6 Å². The van der Waals surface area contributed by atoms with Gasteiger partial charge in [0.25, 0.3) is 0 Å². The maximum Gasteiger partial charge on any atom is 0.339 e. The van der Waals surface area contributed by atoms with E-state index in [1.54, 1.807) is 18.2 Å². The molecule has 0 aromatic heterocycles. The Kier molecular flexibility index (Phi) is 3.77. The fraction of sp³-hybridized carbons (Fsp3) is 0.286. The summed E-state index contributed by atoms with van der Waals surface area (Å²) in [5, 5.41) is 0.444. The largest absolute Gasteiger partial charge is 0.465 e. The number of hydrogen-bond acceptors (Lipinski definition) is 3. The van der Waals surface area contributed by atoms with Crippen LogP contribution in [0.3, 0.4) is 0 Å². The average molecular weight is 278 g/mol. The Bertz CT molecular complexity index is 577. The fourth-order valence-corrected chi connectivity index (χ4v) is 2.23. The van der Waals surface area contributed by atoms with Gasteiger partial charge in [-0.15, -0.1) is 12.3 Å². The molecule has 98 valence electrons. The van der Waals surface area contributed by atoms with Crippen LogP contribution in [0.25, 0.3) is 0 Å². The summed E-state index contributed by atoms with van der Waals surface area (Å²) in [6.07, 6.45) is 5.63. The third-order valence-corrected chi connectivity index (χ3v) is 3.25. The van der Waals surface area contributed by atoms with Crippen molar-refractivity contribution in [1.82, 2.24) is 0 Å². The van der Waals surface area contributed by atoms with Crippen LogP contribution >= 0.6 is 11.6 Å². The van der Waals surface area contributed by atoms with Crippen LogP contribution in [0.2, 0.25) is 5.02 Å². The summed E-state index contributed by atoms with van der Waals surface area (Å²) in [5.41, 5.74) is 0.750. The highest BCUT2D eigenvalue weighted by Crippen LogP contribution is 2.30. The van der Waals surface area contributed by atoms with Crippen molar-refractivity contribution in [3.8, 4) is 12.3 Å². The molecule has 1 aliphatic heterocycles. The number of esters is 1. The van der Waals surface area contributed by atoms with E-state index < -0.39 is 5.97 Å². The Morgan fingerprint density at radius 1 is 1.58 bits per heavy atom. The molecule has 1 unspecified atom stereocenters. The molecule has 1 atom stereocenters. The molecule has 0 spiro atoms. The van der Waals surface area contributed by atoms with E-state index >= 15 is 0 Å². The number of anilines is 1. The van der Waals surface area contributed by atoms with Crippen LogP contribution in [-0.2, 0) is 9.53 Å². The van der Waals surface area contributed by atoms with E-state index in [0.717, 1.165) is 0 Å². The molecule has 1 amide bonds. The van der Waals surface area contributed by atoms with Gasteiger partial charge < -0.3 is 9.64 Å². The Balaban J connectivity index is 2.44. The van der Waals surface area contributed by atoms with E-state index in [2.05, 4.69) is 5.92 Å². The molecule has 0 radical (unpaired) electrons. The summed E-state index contributed by atoms with van der Waals surface area (Å²) in [6, 6.07) is 4.70. The van der Waals surface area contributed by atoms with Crippen LogP contribution in [-0.4, -0.2) is 25.5 Å². The number of terminal acetylenes is 1. The molecule has 2 rings (SSSR count). The quantitative estimate of drug-likeness (QED) is 0.614. The zero-order chi connectivity index (χ0) is 14.0. The molecule has 0 aliphatic carbocycles.